The van der Waals surface area contributed by atoms with Gasteiger partial charge in [-0.3, -0.25) is 9.10 Å². The van der Waals surface area contributed by atoms with Gasteiger partial charge in [0.15, 0.2) is 0 Å². The number of hydrogen-bond donors (Lipinski definition) is 1. The van der Waals surface area contributed by atoms with Crippen LogP contribution >= 0.6 is 0 Å². The van der Waals surface area contributed by atoms with Crippen LogP contribution in [0.5, 0.6) is 0 Å². The van der Waals surface area contributed by atoms with Crippen LogP contribution in [0.1, 0.15) is 55.5 Å². The fraction of sp³-hybridized carbons (Fsp3) is 0.435. The van der Waals surface area contributed by atoms with Crippen LogP contribution < -0.4 is 9.62 Å². The second-order valence-electron chi connectivity index (χ2n) is 7.57. The van der Waals surface area contributed by atoms with Crippen molar-refractivity contribution in [3.8, 4) is 0 Å². The maximum absolute atomic E-state index is 13.6. The number of nitrogens with zero attached hydrogens (tertiary/aromatic N) is 1. The number of carbonyl (C=O) groups is 1. The van der Waals surface area contributed by atoms with Gasteiger partial charge in [-0.2, -0.15) is 0 Å². The Kier molecular flexibility index (Phi) is 8.84. The van der Waals surface area contributed by atoms with Crippen LogP contribution in [0.25, 0.3) is 0 Å². The van der Waals surface area contributed by atoms with Crippen LogP contribution in [0.15, 0.2) is 48.5 Å². The molecule has 0 bridgehead atoms. The summed E-state index contributed by atoms with van der Waals surface area (Å²) < 4.78 is 39.1. The van der Waals surface area contributed by atoms with Crippen molar-refractivity contribution >= 4 is 21.6 Å². The van der Waals surface area contributed by atoms with Gasteiger partial charge in [0.05, 0.1) is 18.5 Å². The Morgan fingerprint density at radius 2 is 1.83 bits per heavy atom. The second-order valence-corrected chi connectivity index (χ2v) is 9.48. The van der Waals surface area contributed by atoms with Gasteiger partial charge in [-0.15, -0.1) is 0 Å². The van der Waals surface area contributed by atoms with E-state index in [2.05, 4.69) is 19.2 Å². The van der Waals surface area contributed by atoms with E-state index >= 15 is 0 Å². The first-order valence-corrected chi connectivity index (χ1v) is 12.2. The van der Waals surface area contributed by atoms with Crippen molar-refractivity contribution in [1.29, 1.82) is 0 Å². The molecular formula is C23H31FN2O3S. The number of rotatable bonds is 11. The molecule has 2 aromatic carbocycles. The number of unbranched alkanes of at least 4 members (excludes halogenated alkanes) is 1. The maximum Gasteiger partial charge on any atom is 0.251 e. The summed E-state index contributed by atoms with van der Waals surface area (Å²) in [6.07, 6.45) is 5.52. The molecule has 0 aliphatic rings. The maximum atomic E-state index is 13.6. The lowest BCUT2D eigenvalue weighted by Gasteiger charge is -2.22. The highest BCUT2D eigenvalue weighted by Gasteiger charge is 2.19. The Morgan fingerprint density at radius 3 is 2.40 bits per heavy atom. The van der Waals surface area contributed by atoms with E-state index in [1.54, 1.807) is 30.3 Å². The Bertz CT molecular complexity index is 930. The predicted octanol–water partition coefficient (Wildman–Crippen LogP) is 4.74. The molecule has 0 saturated heterocycles. The smallest absolute Gasteiger partial charge is 0.251 e. The van der Waals surface area contributed by atoms with E-state index in [-0.39, 0.29) is 18.1 Å². The zero-order valence-electron chi connectivity index (χ0n) is 17.9. The van der Waals surface area contributed by atoms with Crippen LogP contribution in [0.3, 0.4) is 0 Å². The third kappa shape index (κ3) is 7.13. The molecule has 0 fully saturated rings. The Labute approximate surface area is 179 Å². The second kappa shape index (κ2) is 11.1. The first-order chi connectivity index (χ1) is 14.2. The number of nitrogens with one attached hydrogen (secondary N) is 1. The fourth-order valence-corrected chi connectivity index (χ4v) is 4.12. The van der Waals surface area contributed by atoms with Crippen molar-refractivity contribution in [1.82, 2.24) is 5.32 Å². The van der Waals surface area contributed by atoms with E-state index in [1.807, 2.05) is 0 Å². The molecule has 0 radical (unpaired) electrons. The lowest BCUT2D eigenvalue weighted by Crippen LogP contribution is -2.30. The molecule has 0 aliphatic heterocycles. The van der Waals surface area contributed by atoms with Gasteiger partial charge in [0.2, 0.25) is 10.0 Å². The molecular weight excluding hydrogens is 403 g/mol. The average Bonchev–Trinajstić information content (AvgIpc) is 2.71. The summed E-state index contributed by atoms with van der Waals surface area (Å²) in [7, 11) is -3.60. The van der Waals surface area contributed by atoms with Crippen LogP contribution in [-0.2, 0) is 16.6 Å². The van der Waals surface area contributed by atoms with Gasteiger partial charge in [-0.05, 0) is 48.2 Å². The van der Waals surface area contributed by atoms with Gasteiger partial charge in [0, 0.05) is 12.1 Å². The van der Waals surface area contributed by atoms with Gasteiger partial charge in [0.25, 0.3) is 5.91 Å². The van der Waals surface area contributed by atoms with Crippen molar-refractivity contribution in [2.45, 2.75) is 46.1 Å². The first kappa shape index (κ1) is 23.9. The third-order valence-electron chi connectivity index (χ3n) is 5.13. The van der Waals surface area contributed by atoms with Crippen molar-refractivity contribution < 1.29 is 17.6 Å². The summed E-state index contributed by atoms with van der Waals surface area (Å²) in [6.45, 7) is 5.00. The molecule has 30 heavy (non-hydrogen) atoms. The molecule has 7 heteroatoms. The number of carbonyl (C=O) groups excluding carboxylic acids is 1. The summed E-state index contributed by atoms with van der Waals surface area (Å²) in [5.74, 6) is -0.165. The van der Waals surface area contributed by atoms with Crippen molar-refractivity contribution in [3.05, 3.63) is 65.5 Å². The molecule has 0 heterocycles. The van der Waals surface area contributed by atoms with Gasteiger partial charge in [-0.25, -0.2) is 12.8 Å². The molecule has 164 valence electrons. The normalized spacial score (nSPS) is 12.4. The molecule has 1 amide bonds. The Balaban J connectivity index is 2.06. The summed E-state index contributed by atoms with van der Waals surface area (Å²) >= 11 is 0. The monoisotopic (exact) mass is 434 g/mol. The van der Waals surface area contributed by atoms with Crippen LogP contribution in [-0.4, -0.2) is 27.1 Å². The van der Waals surface area contributed by atoms with E-state index in [0.29, 0.717) is 23.6 Å². The minimum absolute atomic E-state index is 0.0547. The highest BCUT2D eigenvalue weighted by atomic mass is 32.2. The van der Waals surface area contributed by atoms with Crippen LogP contribution in [0.2, 0.25) is 0 Å². The molecule has 0 aromatic heterocycles. The highest BCUT2D eigenvalue weighted by Crippen LogP contribution is 2.21. The minimum Gasteiger partial charge on any atom is -0.352 e. The van der Waals surface area contributed by atoms with Crippen molar-refractivity contribution in [2.75, 3.05) is 17.1 Å². The van der Waals surface area contributed by atoms with Crippen molar-refractivity contribution in [2.24, 2.45) is 5.92 Å². The van der Waals surface area contributed by atoms with E-state index in [0.717, 1.165) is 36.2 Å². The number of amides is 1. The van der Waals surface area contributed by atoms with Crippen LogP contribution in [0.4, 0.5) is 10.1 Å². The predicted molar refractivity (Wildman–Crippen MR) is 120 cm³/mol. The number of halogens is 1. The number of hydrogen-bond acceptors (Lipinski definition) is 3. The lowest BCUT2D eigenvalue weighted by atomic mass is 9.99. The van der Waals surface area contributed by atoms with Gasteiger partial charge in [0.1, 0.15) is 5.82 Å². The molecule has 1 unspecified atom stereocenters. The topological polar surface area (TPSA) is 66.5 Å². The van der Waals surface area contributed by atoms with E-state index in [1.165, 1.54) is 18.2 Å². The molecule has 1 atom stereocenters. The summed E-state index contributed by atoms with van der Waals surface area (Å²) in [5, 5.41) is 2.99. The quantitative estimate of drug-likeness (QED) is 0.556. The van der Waals surface area contributed by atoms with Gasteiger partial charge in [-0.1, -0.05) is 51.3 Å². The molecule has 0 aliphatic carbocycles. The molecule has 0 spiro atoms. The molecule has 2 rings (SSSR count). The summed E-state index contributed by atoms with van der Waals surface area (Å²) in [4.78, 5) is 12.4. The number of benzene rings is 2. The number of sulfonamides is 1. The standard InChI is InChI=1S/C23H31FN2O3S/c1-4-6-8-18(5-2)16-25-23(27)20-13-11-19(12-14-20)17-26(30(3,28)29)22-10-7-9-21(24)15-22/h7,9-15,18H,4-6,8,16-17H2,1-3H3,(H,25,27). The third-order valence-corrected chi connectivity index (χ3v) is 6.27. The molecule has 5 nitrogen and oxygen atoms in total. The zero-order chi connectivity index (χ0) is 22.1. The zero-order valence-corrected chi connectivity index (χ0v) is 18.7. The number of anilines is 1. The van der Waals surface area contributed by atoms with Crippen molar-refractivity contribution in [3.63, 3.8) is 0 Å². The fourth-order valence-electron chi connectivity index (χ4n) is 3.24. The van der Waals surface area contributed by atoms with Gasteiger partial charge >= 0.3 is 0 Å². The van der Waals surface area contributed by atoms with E-state index in [9.17, 15) is 17.6 Å². The Morgan fingerprint density at radius 1 is 1.13 bits per heavy atom. The SMILES string of the molecule is CCCCC(CC)CNC(=O)c1ccc(CN(c2cccc(F)c2)S(C)(=O)=O)cc1. The summed E-state index contributed by atoms with van der Waals surface area (Å²) in [6, 6.07) is 12.3. The van der Waals surface area contributed by atoms with Crippen LogP contribution in [0, 0.1) is 11.7 Å². The summed E-state index contributed by atoms with van der Waals surface area (Å²) in [5.41, 5.74) is 1.49. The van der Waals surface area contributed by atoms with E-state index in [4.69, 9.17) is 0 Å². The highest BCUT2D eigenvalue weighted by molar-refractivity contribution is 7.92. The largest absolute Gasteiger partial charge is 0.352 e. The van der Waals surface area contributed by atoms with E-state index < -0.39 is 15.8 Å². The average molecular weight is 435 g/mol. The van der Waals surface area contributed by atoms with Gasteiger partial charge < -0.3 is 5.32 Å². The first-order valence-electron chi connectivity index (χ1n) is 10.3. The molecule has 1 N–H and O–H groups in total. The molecule has 0 saturated carbocycles. The lowest BCUT2D eigenvalue weighted by molar-refractivity contribution is 0.0946. The molecule has 2 aromatic rings. The minimum atomic E-state index is -3.60. The Hall–Kier alpha value is -2.41.